The quantitative estimate of drug-likeness (QED) is 0.694. The number of nitrogens with one attached hydrogen (secondary N) is 2. The fraction of sp³-hybridized carbons (Fsp3) is 0.154. The average molecular weight is 246 g/mol. The van der Waals surface area contributed by atoms with Crippen molar-refractivity contribution in [3.05, 3.63) is 41.5 Å². The molecule has 1 aromatic rings. The Bertz CT molecular complexity index is 533. The second kappa shape index (κ2) is 5.77. The summed E-state index contributed by atoms with van der Waals surface area (Å²) in [7, 11) is 1.52. The zero-order valence-electron chi connectivity index (χ0n) is 10.2. The number of hydrogen-bond acceptors (Lipinski definition) is 4. The second-order valence-electron chi connectivity index (χ2n) is 3.62. The molecule has 0 aliphatic heterocycles. The van der Waals surface area contributed by atoms with Gasteiger partial charge in [0.05, 0.1) is 12.8 Å². The summed E-state index contributed by atoms with van der Waals surface area (Å²) in [6, 6.07) is 5.36. The number of ether oxygens (including phenoxy) is 1. The van der Waals surface area contributed by atoms with E-state index >= 15 is 0 Å². The fourth-order valence-electron chi connectivity index (χ4n) is 1.46. The Morgan fingerprint density at radius 3 is 2.56 bits per heavy atom. The van der Waals surface area contributed by atoms with E-state index in [1.807, 2.05) is 13.0 Å². The number of carbonyl (C=O) groups is 1. The fourth-order valence-corrected chi connectivity index (χ4v) is 1.46. The molecule has 18 heavy (non-hydrogen) atoms. The molecule has 0 unspecified atom stereocenters. The number of allylic oxidation sites excluding steroid dienone is 1. The summed E-state index contributed by atoms with van der Waals surface area (Å²) in [5.74, 6) is -0.746. The van der Waals surface area contributed by atoms with Crippen molar-refractivity contribution in [2.75, 3.05) is 7.11 Å². The number of carboxylic acids is 1. The summed E-state index contributed by atoms with van der Waals surface area (Å²) in [6.45, 7) is 1.86. The lowest BCUT2D eigenvalue weighted by Crippen LogP contribution is -2.09. The van der Waals surface area contributed by atoms with Gasteiger partial charge in [0.15, 0.2) is 0 Å². The van der Waals surface area contributed by atoms with Crippen LogP contribution in [0.25, 0.3) is 0 Å². The lowest BCUT2D eigenvalue weighted by Gasteiger charge is -2.09. The molecule has 0 fully saturated rings. The normalized spacial score (nSPS) is 10.3. The number of carboxylic acid groups (broad SMARTS) is 1. The third-order valence-corrected chi connectivity index (χ3v) is 2.35. The summed E-state index contributed by atoms with van der Waals surface area (Å²) in [5.41, 5.74) is 0.987. The first-order chi connectivity index (χ1) is 8.47. The van der Waals surface area contributed by atoms with Gasteiger partial charge in [-0.3, -0.25) is 5.41 Å². The van der Waals surface area contributed by atoms with Crippen LogP contribution in [-0.4, -0.2) is 29.6 Å². The van der Waals surface area contributed by atoms with Crippen LogP contribution in [-0.2, 0) is 4.79 Å². The molecule has 0 aliphatic rings. The van der Waals surface area contributed by atoms with Crippen LogP contribution in [0, 0.1) is 17.7 Å². The van der Waals surface area contributed by atoms with Crippen LogP contribution >= 0.6 is 0 Å². The van der Waals surface area contributed by atoms with E-state index in [1.54, 1.807) is 12.1 Å². The first-order valence-corrected chi connectivity index (χ1v) is 5.19. The molecule has 94 valence electrons. The predicted molar refractivity (Wildman–Crippen MR) is 69.1 cm³/mol. The predicted octanol–water partition coefficient (Wildman–Crippen LogP) is 2.03. The Hall–Kier alpha value is -2.43. The molecule has 3 N–H and O–H groups in total. The Morgan fingerprint density at radius 1 is 1.33 bits per heavy atom. The summed E-state index contributed by atoms with van der Waals surface area (Å²) < 4.78 is 5.21. The van der Waals surface area contributed by atoms with Gasteiger partial charge in [0.2, 0.25) is 0 Å². The maximum absolute atomic E-state index is 10.5. The highest BCUT2D eigenvalue weighted by Crippen LogP contribution is 2.23. The van der Waals surface area contributed by atoms with E-state index < -0.39 is 11.7 Å². The van der Waals surface area contributed by atoms with Gasteiger partial charge in [-0.1, -0.05) is 12.1 Å². The maximum atomic E-state index is 10.5. The second-order valence-corrected chi connectivity index (χ2v) is 3.62. The van der Waals surface area contributed by atoms with Crippen molar-refractivity contribution < 1.29 is 14.6 Å². The third-order valence-electron chi connectivity index (χ3n) is 2.35. The van der Waals surface area contributed by atoms with Crippen LogP contribution in [0.2, 0.25) is 0 Å². The van der Waals surface area contributed by atoms with Crippen LogP contribution in [0.4, 0.5) is 0 Å². The van der Waals surface area contributed by atoms with E-state index in [1.165, 1.54) is 13.2 Å². The van der Waals surface area contributed by atoms with Crippen molar-refractivity contribution in [3.63, 3.8) is 0 Å². The Labute approximate surface area is 105 Å². The number of para-hydroxylation sites is 1. The van der Waals surface area contributed by atoms with Crippen molar-refractivity contribution in [1.29, 1.82) is 10.8 Å². The molecule has 1 aromatic carbocycles. The van der Waals surface area contributed by atoms with Crippen molar-refractivity contribution >= 4 is 17.4 Å². The van der Waals surface area contributed by atoms with Gasteiger partial charge in [-0.05, 0) is 30.7 Å². The molecule has 0 saturated carbocycles. The smallest absolute Gasteiger partial charge is 0.353 e. The minimum absolute atomic E-state index is 0.0987. The van der Waals surface area contributed by atoms with Crippen LogP contribution in [0.5, 0.6) is 5.75 Å². The van der Waals surface area contributed by atoms with Crippen LogP contribution in [0.1, 0.15) is 11.1 Å². The minimum atomic E-state index is -1.32. The highest BCUT2D eigenvalue weighted by atomic mass is 16.5. The lowest BCUT2D eigenvalue weighted by atomic mass is 10.0. The molecule has 0 saturated heterocycles. The van der Waals surface area contributed by atoms with E-state index in [4.69, 9.17) is 20.7 Å². The molecule has 0 aromatic heterocycles. The number of aliphatic carboxylic acids is 1. The van der Waals surface area contributed by atoms with Gasteiger partial charge in [0, 0.05) is 5.56 Å². The highest BCUT2D eigenvalue weighted by Gasteiger charge is 2.09. The molecule has 0 heterocycles. The van der Waals surface area contributed by atoms with Gasteiger partial charge in [-0.2, -0.15) is 0 Å². The van der Waals surface area contributed by atoms with Crippen molar-refractivity contribution in [2.45, 2.75) is 6.92 Å². The molecule has 0 atom stereocenters. The SMILES string of the molecule is COc1c(C)cccc1C(=N)/C=C\C(=N)C(=O)O. The van der Waals surface area contributed by atoms with Gasteiger partial charge >= 0.3 is 5.97 Å². The van der Waals surface area contributed by atoms with Crippen LogP contribution < -0.4 is 4.74 Å². The minimum Gasteiger partial charge on any atom is -0.496 e. The largest absolute Gasteiger partial charge is 0.496 e. The van der Waals surface area contributed by atoms with Gasteiger partial charge < -0.3 is 15.3 Å². The number of rotatable bonds is 5. The topological polar surface area (TPSA) is 94.2 Å². The summed E-state index contributed by atoms with van der Waals surface area (Å²) in [6.07, 6.45) is 2.35. The molecule has 0 radical (unpaired) electrons. The third kappa shape index (κ3) is 3.04. The van der Waals surface area contributed by atoms with Crippen molar-refractivity contribution in [3.8, 4) is 5.75 Å². The first kappa shape index (κ1) is 13.6. The van der Waals surface area contributed by atoms with Gasteiger partial charge in [0.25, 0.3) is 0 Å². The van der Waals surface area contributed by atoms with Crippen molar-refractivity contribution in [1.82, 2.24) is 0 Å². The monoisotopic (exact) mass is 246 g/mol. The van der Waals surface area contributed by atoms with Gasteiger partial charge in [-0.15, -0.1) is 0 Å². The summed E-state index contributed by atoms with van der Waals surface area (Å²) in [4.78, 5) is 10.5. The standard InChI is InChI=1S/C13H14N2O3/c1-8-4-3-5-9(12(8)18-2)10(14)6-7-11(15)13(16)17/h3-7,14-15H,1-2H3,(H,16,17)/b7-6-,14-10?,15-11?. The van der Waals surface area contributed by atoms with Gasteiger partial charge in [-0.25, -0.2) is 4.79 Å². The molecule has 5 heteroatoms. The Balaban J connectivity index is 3.02. The number of hydrogen-bond donors (Lipinski definition) is 3. The number of aryl methyl sites for hydroxylation is 1. The molecule has 0 spiro atoms. The van der Waals surface area contributed by atoms with E-state index in [2.05, 4.69) is 0 Å². The van der Waals surface area contributed by atoms with Crippen LogP contribution in [0.15, 0.2) is 30.4 Å². The van der Waals surface area contributed by atoms with Gasteiger partial charge in [0.1, 0.15) is 11.5 Å². The van der Waals surface area contributed by atoms with E-state index in [9.17, 15) is 4.79 Å². The van der Waals surface area contributed by atoms with E-state index in [0.717, 1.165) is 11.6 Å². The first-order valence-electron chi connectivity index (χ1n) is 5.19. The number of methoxy groups -OCH3 is 1. The Kier molecular flexibility index (Phi) is 4.37. The molecule has 1 rings (SSSR count). The summed E-state index contributed by atoms with van der Waals surface area (Å²) >= 11 is 0. The Morgan fingerprint density at radius 2 is 2.00 bits per heavy atom. The molecular formula is C13H14N2O3. The molecule has 0 amide bonds. The van der Waals surface area contributed by atoms with Crippen LogP contribution in [0.3, 0.4) is 0 Å². The number of benzene rings is 1. The zero-order valence-corrected chi connectivity index (χ0v) is 10.2. The average Bonchev–Trinajstić information content (AvgIpc) is 2.34. The van der Waals surface area contributed by atoms with E-state index in [-0.39, 0.29) is 5.71 Å². The summed E-state index contributed by atoms with van der Waals surface area (Å²) in [5, 5.41) is 23.5. The lowest BCUT2D eigenvalue weighted by molar-refractivity contribution is -0.129. The molecule has 0 bridgehead atoms. The van der Waals surface area contributed by atoms with Crippen molar-refractivity contribution in [2.24, 2.45) is 0 Å². The zero-order chi connectivity index (χ0) is 13.7. The van der Waals surface area contributed by atoms with E-state index in [0.29, 0.717) is 11.3 Å². The maximum Gasteiger partial charge on any atom is 0.353 e. The molecule has 5 nitrogen and oxygen atoms in total. The molecular weight excluding hydrogens is 232 g/mol. The molecule has 0 aliphatic carbocycles. The highest BCUT2D eigenvalue weighted by molar-refractivity contribution is 6.39.